The van der Waals surface area contributed by atoms with Crippen LogP contribution in [0.3, 0.4) is 0 Å². The van der Waals surface area contributed by atoms with Gasteiger partial charge in [0.15, 0.2) is 0 Å². The van der Waals surface area contributed by atoms with E-state index in [1.165, 1.54) is 14.1 Å². The number of carbonyl (C=O) groups excluding carboxylic acids is 1. The van der Waals surface area contributed by atoms with E-state index in [0.717, 1.165) is 4.31 Å². The van der Waals surface area contributed by atoms with Gasteiger partial charge in [0, 0.05) is 33.6 Å². The van der Waals surface area contributed by atoms with E-state index in [1.54, 1.807) is 0 Å². The maximum atomic E-state index is 11.5. The largest absolute Gasteiger partial charge is 0.481 e. The molecule has 9 heteroatoms. The lowest BCUT2D eigenvalue weighted by molar-refractivity contribution is -0.137. The Morgan fingerprint density at radius 2 is 1.88 bits per heavy atom. The zero-order chi connectivity index (χ0) is 13.5. The molecule has 0 heterocycles. The predicted molar refractivity (Wildman–Crippen MR) is 60.5 cm³/mol. The summed E-state index contributed by atoms with van der Waals surface area (Å²) >= 11 is 0. The van der Waals surface area contributed by atoms with Crippen LogP contribution in [0, 0.1) is 0 Å². The first-order valence-corrected chi connectivity index (χ1v) is 6.37. The highest BCUT2D eigenvalue weighted by atomic mass is 32.2. The number of nitrogens with zero attached hydrogens (tertiary/aromatic N) is 1. The quantitative estimate of drug-likeness (QED) is 0.488. The molecule has 0 atom stereocenters. The summed E-state index contributed by atoms with van der Waals surface area (Å²) in [6.45, 7) is -0.149. The molecule has 0 bridgehead atoms. The van der Waals surface area contributed by atoms with Gasteiger partial charge in [0.05, 0.1) is 6.42 Å². The number of carbonyl (C=O) groups is 2. The molecule has 17 heavy (non-hydrogen) atoms. The zero-order valence-corrected chi connectivity index (χ0v) is 10.6. The van der Waals surface area contributed by atoms with Crippen molar-refractivity contribution in [2.75, 3.05) is 27.2 Å². The fourth-order valence-corrected chi connectivity index (χ4v) is 1.81. The molecule has 0 saturated carbocycles. The summed E-state index contributed by atoms with van der Waals surface area (Å²) in [6.07, 6.45) is -0.241. The molecule has 1 amide bonds. The average molecular weight is 267 g/mol. The fraction of sp³-hybridized carbons (Fsp3) is 0.750. The molecule has 0 spiro atoms. The van der Waals surface area contributed by atoms with Crippen LogP contribution in [-0.4, -0.2) is 56.9 Å². The molecule has 0 aliphatic rings. The number of rotatable bonds is 8. The number of amides is 1. The maximum absolute atomic E-state index is 11.5. The zero-order valence-electron chi connectivity index (χ0n) is 9.76. The maximum Gasteiger partial charge on any atom is 0.304 e. The van der Waals surface area contributed by atoms with Crippen LogP contribution in [0.25, 0.3) is 0 Å². The Labute approximate surface area is 100 Å². The van der Waals surface area contributed by atoms with Gasteiger partial charge in [0.25, 0.3) is 10.2 Å². The van der Waals surface area contributed by atoms with E-state index in [1.807, 2.05) is 0 Å². The number of carboxylic acid groups (broad SMARTS) is 1. The molecular formula is C8H17N3O5S. The molecule has 0 aromatic carbocycles. The molecule has 0 rings (SSSR count). The topological polar surface area (TPSA) is 116 Å². The van der Waals surface area contributed by atoms with E-state index in [-0.39, 0.29) is 31.8 Å². The van der Waals surface area contributed by atoms with E-state index < -0.39 is 16.2 Å². The molecule has 0 aliphatic carbocycles. The lowest BCUT2D eigenvalue weighted by atomic mass is 10.4. The highest BCUT2D eigenvalue weighted by Crippen LogP contribution is 1.96. The van der Waals surface area contributed by atoms with Crippen LogP contribution in [0.1, 0.15) is 12.8 Å². The Hall–Kier alpha value is -1.19. The van der Waals surface area contributed by atoms with E-state index >= 15 is 0 Å². The summed E-state index contributed by atoms with van der Waals surface area (Å²) in [5.74, 6) is -1.35. The Balaban J connectivity index is 4.09. The van der Waals surface area contributed by atoms with Crippen molar-refractivity contribution in [3.63, 3.8) is 0 Å². The number of nitrogens with one attached hydrogen (secondary N) is 2. The van der Waals surface area contributed by atoms with Gasteiger partial charge < -0.3 is 10.4 Å². The Morgan fingerprint density at radius 1 is 1.29 bits per heavy atom. The van der Waals surface area contributed by atoms with Crippen LogP contribution >= 0.6 is 0 Å². The van der Waals surface area contributed by atoms with Crippen molar-refractivity contribution in [3.05, 3.63) is 0 Å². The molecule has 0 unspecified atom stereocenters. The molecule has 0 fully saturated rings. The molecule has 8 nitrogen and oxygen atoms in total. The highest BCUT2D eigenvalue weighted by Gasteiger charge is 2.17. The normalized spacial score (nSPS) is 11.5. The van der Waals surface area contributed by atoms with Crippen molar-refractivity contribution in [1.82, 2.24) is 14.3 Å². The minimum Gasteiger partial charge on any atom is -0.481 e. The lowest BCUT2D eigenvalue weighted by Crippen LogP contribution is -2.40. The summed E-state index contributed by atoms with van der Waals surface area (Å²) in [4.78, 5) is 21.1. The van der Waals surface area contributed by atoms with Crippen molar-refractivity contribution in [1.29, 1.82) is 0 Å². The summed E-state index contributed by atoms with van der Waals surface area (Å²) in [5, 5.41) is 10.8. The lowest BCUT2D eigenvalue weighted by Gasteiger charge is -2.16. The van der Waals surface area contributed by atoms with Crippen LogP contribution in [0.2, 0.25) is 0 Å². The van der Waals surface area contributed by atoms with Crippen molar-refractivity contribution in [2.45, 2.75) is 12.8 Å². The minimum absolute atomic E-state index is 0.0284. The summed E-state index contributed by atoms with van der Waals surface area (Å²) in [7, 11) is -0.997. The van der Waals surface area contributed by atoms with Crippen molar-refractivity contribution >= 4 is 22.1 Å². The average Bonchev–Trinajstić information content (AvgIpc) is 2.25. The van der Waals surface area contributed by atoms with Crippen LogP contribution in [-0.2, 0) is 19.8 Å². The molecule has 100 valence electrons. The second-order valence-electron chi connectivity index (χ2n) is 3.29. The van der Waals surface area contributed by atoms with Gasteiger partial charge in [-0.1, -0.05) is 0 Å². The molecule has 0 aromatic rings. The number of hydrogen-bond donors (Lipinski definition) is 3. The minimum atomic E-state index is -3.72. The fourth-order valence-electron chi connectivity index (χ4n) is 0.902. The van der Waals surface area contributed by atoms with Crippen molar-refractivity contribution in [3.8, 4) is 0 Å². The van der Waals surface area contributed by atoms with E-state index in [4.69, 9.17) is 5.11 Å². The second-order valence-corrected chi connectivity index (χ2v) is 5.15. The van der Waals surface area contributed by atoms with Crippen molar-refractivity contribution in [2.24, 2.45) is 0 Å². The smallest absolute Gasteiger partial charge is 0.304 e. The SMILES string of the molecule is CNC(=O)CCNS(=O)(=O)N(C)CCC(=O)O. The standard InChI is InChI=1S/C8H17N3O5S/c1-9-7(12)3-5-10-17(15,16)11(2)6-4-8(13)14/h10H,3-6H2,1-2H3,(H,9,12)(H,13,14). The Kier molecular flexibility index (Phi) is 6.69. The summed E-state index contributed by atoms with van der Waals surface area (Å²) in [5.41, 5.74) is 0. The van der Waals surface area contributed by atoms with Crippen LogP contribution < -0.4 is 10.0 Å². The van der Waals surface area contributed by atoms with Crippen molar-refractivity contribution < 1.29 is 23.1 Å². The van der Waals surface area contributed by atoms with Crippen LogP contribution in [0.4, 0.5) is 0 Å². The molecular weight excluding hydrogens is 250 g/mol. The molecule has 3 N–H and O–H groups in total. The highest BCUT2D eigenvalue weighted by molar-refractivity contribution is 7.87. The number of carboxylic acids is 1. The van der Waals surface area contributed by atoms with Gasteiger partial charge in [0.2, 0.25) is 5.91 Å². The summed E-state index contributed by atoms with van der Waals surface area (Å²) < 4.78 is 26.1. The van der Waals surface area contributed by atoms with Gasteiger partial charge in [-0.15, -0.1) is 0 Å². The van der Waals surface area contributed by atoms with E-state index in [2.05, 4.69) is 10.0 Å². The van der Waals surface area contributed by atoms with Gasteiger partial charge in [0.1, 0.15) is 0 Å². The summed E-state index contributed by atoms with van der Waals surface area (Å²) in [6, 6.07) is 0. The van der Waals surface area contributed by atoms with Crippen LogP contribution in [0.15, 0.2) is 0 Å². The predicted octanol–water partition coefficient (Wildman–Crippen LogP) is -1.64. The van der Waals surface area contributed by atoms with Gasteiger partial charge in [-0.3, -0.25) is 9.59 Å². The molecule has 0 aromatic heterocycles. The van der Waals surface area contributed by atoms with Crippen LogP contribution in [0.5, 0.6) is 0 Å². The number of aliphatic carboxylic acids is 1. The Morgan fingerprint density at radius 3 is 2.35 bits per heavy atom. The molecule has 0 aliphatic heterocycles. The van der Waals surface area contributed by atoms with E-state index in [0.29, 0.717) is 0 Å². The van der Waals surface area contributed by atoms with Gasteiger partial charge in [-0.2, -0.15) is 12.7 Å². The number of hydrogen-bond acceptors (Lipinski definition) is 4. The monoisotopic (exact) mass is 267 g/mol. The van der Waals surface area contributed by atoms with Gasteiger partial charge in [-0.05, 0) is 0 Å². The van der Waals surface area contributed by atoms with Gasteiger partial charge >= 0.3 is 5.97 Å². The second kappa shape index (κ2) is 7.20. The molecule has 0 radical (unpaired) electrons. The third kappa shape index (κ3) is 6.87. The first kappa shape index (κ1) is 15.8. The third-order valence-electron chi connectivity index (χ3n) is 1.97. The molecule has 0 saturated heterocycles. The third-order valence-corrected chi connectivity index (χ3v) is 3.54. The van der Waals surface area contributed by atoms with E-state index in [9.17, 15) is 18.0 Å². The van der Waals surface area contributed by atoms with Gasteiger partial charge in [-0.25, -0.2) is 4.72 Å². The Bertz CT molecular complexity index is 367. The first-order chi connectivity index (χ1) is 7.79. The first-order valence-electron chi connectivity index (χ1n) is 4.93.